The first-order valence-corrected chi connectivity index (χ1v) is 18.7. The van der Waals surface area contributed by atoms with Crippen LogP contribution in [0.15, 0.2) is 170 Å². The Morgan fingerprint density at radius 2 is 0.304 bits per heavy atom. The fraction of sp³-hybridized carbons (Fsp3) is 0.143. The van der Waals surface area contributed by atoms with E-state index in [0.717, 1.165) is 79.2 Å². The molecule has 7 heteroatoms. The first kappa shape index (κ1) is 36.1. The minimum atomic E-state index is 0.320. The van der Waals surface area contributed by atoms with Gasteiger partial charge in [0.15, 0.2) is 0 Å². The van der Waals surface area contributed by atoms with Crippen LogP contribution in [0.5, 0.6) is 40.2 Å². The Morgan fingerprint density at radius 1 is 0.179 bits per heavy atom. The average molecular weight is 743 g/mol. The van der Waals surface area contributed by atoms with E-state index in [4.69, 9.17) is 33.2 Å². The van der Waals surface area contributed by atoms with Gasteiger partial charge in [-0.25, -0.2) is 0 Å². The first-order chi connectivity index (χ1) is 27.8. The van der Waals surface area contributed by atoms with Crippen LogP contribution in [0.3, 0.4) is 0 Å². The van der Waals surface area contributed by atoms with Crippen molar-refractivity contribution < 1.29 is 33.2 Å². The summed E-state index contributed by atoms with van der Waals surface area (Å²) >= 11 is 0. The summed E-state index contributed by atoms with van der Waals surface area (Å²) in [5.74, 6) is 5.17. The van der Waals surface area contributed by atoms with Crippen molar-refractivity contribution >= 4 is 0 Å². The highest BCUT2D eigenvalue weighted by atomic mass is 16.5. The summed E-state index contributed by atoms with van der Waals surface area (Å²) in [6.45, 7) is 2.24. The number of hydrogen-bond donors (Lipinski definition) is 0. The number of hydrogen-bond acceptors (Lipinski definition) is 7. The first-order valence-electron chi connectivity index (χ1n) is 18.7. The van der Waals surface area contributed by atoms with E-state index in [1.54, 1.807) is 0 Å². The van der Waals surface area contributed by atoms with Gasteiger partial charge in [0.2, 0.25) is 0 Å². The summed E-state index contributed by atoms with van der Waals surface area (Å²) < 4.78 is 44.9. The van der Waals surface area contributed by atoms with Crippen LogP contribution in [0, 0.1) is 0 Å². The van der Waals surface area contributed by atoms with Gasteiger partial charge in [0.25, 0.3) is 0 Å². The van der Waals surface area contributed by atoms with Gasteiger partial charge in [0.1, 0.15) is 86.5 Å². The molecule has 7 aromatic carbocycles. The lowest BCUT2D eigenvalue weighted by molar-refractivity contribution is 0.244. The van der Waals surface area contributed by atoms with Crippen LogP contribution < -0.4 is 33.2 Å². The summed E-state index contributed by atoms with van der Waals surface area (Å²) in [5, 5.41) is 0. The van der Waals surface area contributed by atoms with Crippen LogP contribution in [0.25, 0.3) is 0 Å². The summed E-state index contributed by atoms with van der Waals surface area (Å²) in [5.41, 5.74) is 6.49. The maximum atomic E-state index is 6.41. The van der Waals surface area contributed by atoms with E-state index in [2.05, 4.69) is 0 Å². The van der Waals surface area contributed by atoms with E-state index in [0.29, 0.717) is 46.2 Å². The molecule has 0 radical (unpaired) electrons. The lowest BCUT2D eigenvalue weighted by Crippen LogP contribution is -2.07. The average Bonchev–Trinajstić information content (AvgIpc) is 3.25. The zero-order valence-corrected chi connectivity index (χ0v) is 31.0. The van der Waals surface area contributed by atoms with Gasteiger partial charge in [-0.2, -0.15) is 0 Å². The Morgan fingerprint density at radius 3 is 0.446 bits per heavy atom. The predicted molar refractivity (Wildman–Crippen MR) is 215 cm³/mol. The Kier molecular flexibility index (Phi) is 11.6. The highest BCUT2D eigenvalue weighted by Crippen LogP contribution is 2.31. The molecule has 0 unspecified atom stereocenters. The van der Waals surface area contributed by atoms with Gasteiger partial charge in [-0.1, -0.05) is 127 Å². The quantitative estimate of drug-likeness (QED) is 0.153. The van der Waals surface area contributed by atoms with Crippen molar-refractivity contribution in [1.29, 1.82) is 0 Å². The Hall–Kier alpha value is -6.86. The van der Waals surface area contributed by atoms with Gasteiger partial charge in [-0.15, -0.1) is 0 Å². The Labute approximate surface area is 327 Å². The van der Waals surface area contributed by atoms with E-state index >= 15 is 0 Å². The summed E-state index contributed by atoms with van der Waals surface area (Å²) in [6, 6.07) is 55.6. The van der Waals surface area contributed by atoms with Crippen LogP contribution in [0.2, 0.25) is 0 Å². The molecule has 0 spiro atoms. The second kappa shape index (κ2) is 18.0. The molecule has 0 aromatic heterocycles. The lowest BCUT2D eigenvalue weighted by Gasteiger charge is -2.18. The van der Waals surface area contributed by atoms with Gasteiger partial charge >= 0.3 is 0 Å². The molecule has 0 aliphatic carbocycles. The maximum Gasteiger partial charge on any atom is 0.126 e. The van der Waals surface area contributed by atoms with Gasteiger partial charge in [0, 0.05) is 38.9 Å². The molecule has 0 amide bonds. The number of ether oxygens (including phenoxy) is 7. The summed E-state index contributed by atoms with van der Waals surface area (Å²) in [6.07, 6.45) is 0. The van der Waals surface area contributed by atoms with Crippen molar-refractivity contribution in [2.24, 2.45) is 0 Å². The van der Waals surface area contributed by atoms with Crippen molar-refractivity contribution in [1.82, 2.24) is 0 Å². The predicted octanol–water partition coefficient (Wildman–Crippen LogP) is 11.1. The zero-order valence-electron chi connectivity index (χ0n) is 31.0. The normalized spacial score (nSPS) is 13.5. The lowest BCUT2D eigenvalue weighted by atomic mass is 10.1. The molecule has 1 aliphatic heterocycles. The molecule has 0 atom stereocenters. The topological polar surface area (TPSA) is 64.6 Å². The number of benzene rings is 7. The van der Waals surface area contributed by atoms with Crippen LogP contribution in [0.1, 0.15) is 38.9 Å². The van der Waals surface area contributed by atoms with E-state index < -0.39 is 0 Å². The van der Waals surface area contributed by atoms with Crippen LogP contribution in [-0.2, 0) is 46.2 Å². The molecule has 0 saturated heterocycles. The third-order valence-corrected chi connectivity index (χ3v) is 9.49. The Bertz CT molecular complexity index is 1740. The largest absolute Gasteiger partial charge is 0.488 e. The molecule has 7 nitrogen and oxygen atoms in total. The summed E-state index contributed by atoms with van der Waals surface area (Å²) in [7, 11) is 0. The van der Waals surface area contributed by atoms with Crippen LogP contribution in [-0.4, -0.2) is 0 Å². The van der Waals surface area contributed by atoms with Gasteiger partial charge in [-0.05, 0) is 42.5 Å². The van der Waals surface area contributed by atoms with E-state index in [-0.39, 0.29) is 0 Å². The molecule has 8 rings (SSSR count). The summed E-state index contributed by atoms with van der Waals surface area (Å²) in [4.78, 5) is 0. The standard InChI is InChI=1S/C49H42O7/c1-8-22-43-36(15-1)29-50-44-23-9-2-17-38(44)31-52-46-25-11-4-19-40(46)33-54-48-27-13-6-21-42(48)35-56-49-28-14-7-20-41(49)34-55-47-26-12-5-18-39(47)32-53-45-24-10-3-16-37(45)30-51-43/h1-28H,29-35H2. The molecule has 0 fully saturated rings. The smallest absolute Gasteiger partial charge is 0.126 e. The molecule has 280 valence electrons. The molecular weight excluding hydrogens is 701 g/mol. The SMILES string of the molecule is c1ccc2c(c1)COc1ccccc1COc1ccccc1COc1ccccc1COc1ccccc1COc1ccccc1COc1ccccc1CO2. The molecule has 56 heavy (non-hydrogen) atoms. The van der Waals surface area contributed by atoms with Crippen molar-refractivity contribution in [2.45, 2.75) is 46.2 Å². The fourth-order valence-electron chi connectivity index (χ4n) is 6.44. The number of fused-ring (bicyclic) bond motifs is 7. The molecule has 7 aromatic rings. The van der Waals surface area contributed by atoms with Gasteiger partial charge in [-0.3, -0.25) is 0 Å². The van der Waals surface area contributed by atoms with E-state index in [1.165, 1.54) is 0 Å². The molecule has 0 saturated carbocycles. The Balaban J connectivity index is 1.09. The number of para-hydroxylation sites is 7. The number of rotatable bonds is 0. The van der Waals surface area contributed by atoms with E-state index in [9.17, 15) is 0 Å². The second-order valence-corrected chi connectivity index (χ2v) is 13.3. The van der Waals surface area contributed by atoms with Crippen molar-refractivity contribution in [2.75, 3.05) is 0 Å². The second-order valence-electron chi connectivity index (χ2n) is 13.3. The highest BCUT2D eigenvalue weighted by Gasteiger charge is 2.14. The third-order valence-electron chi connectivity index (χ3n) is 9.49. The molecule has 0 bridgehead atoms. The third kappa shape index (κ3) is 9.08. The molecule has 0 N–H and O–H groups in total. The fourth-order valence-corrected chi connectivity index (χ4v) is 6.44. The van der Waals surface area contributed by atoms with Gasteiger partial charge in [0.05, 0.1) is 0 Å². The molecule has 1 heterocycles. The molecular formula is C49H42O7. The minimum absolute atomic E-state index is 0.320. The van der Waals surface area contributed by atoms with Crippen molar-refractivity contribution in [3.8, 4) is 40.2 Å². The molecule has 1 aliphatic rings. The zero-order chi connectivity index (χ0) is 37.8. The van der Waals surface area contributed by atoms with Gasteiger partial charge < -0.3 is 33.2 Å². The monoisotopic (exact) mass is 742 g/mol. The van der Waals surface area contributed by atoms with Crippen LogP contribution >= 0.6 is 0 Å². The maximum absolute atomic E-state index is 6.41. The highest BCUT2D eigenvalue weighted by molar-refractivity contribution is 5.41. The van der Waals surface area contributed by atoms with Crippen molar-refractivity contribution in [3.05, 3.63) is 209 Å². The van der Waals surface area contributed by atoms with E-state index in [1.807, 2.05) is 170 Å². The van der Waals surface area contributed by atoms with Crippen LogP contribution in [0.4, 0.5) is 0 Å². The minimum Gasteiger partial charge on any atom is -0.488 e. The van der Waals surface area contributed by atoms with Crippen molar-refractivity contribution in [3.63, 3.8) is 0 Å².